The normalized spacial score (nSPS) is 16.4. The predicted octanol–water partition coefficient (Wildman–Crippen LogP) is 2.88. The largest absolute Gasteiger partial charge is 0.497 e. The summed E-state index contributed by atoms with van der Waals surface area (Å²) >= 11 is 0. The molecule has 3 nitrogen and oxygen atoms in total. The van der Waals surface area contributed by atoms with Gasteiger partial charge in [-0.1, -0.05) is 18.7 Å². The molecule has 0 radical (unpaired) electrons. The fourth-order valence-corrected chi connectivity index (χ4v) is 2.14. The Bertz CT molecular complexity index is 551. The zero-order valence-electron chi connectivity index (χ0n) is 11.1. The van der Waals surface area contributed by atoms with E-state index >= 15 is 0 Å². The van der Waals surface area contributed by atoms with E-state index in [0.29, 0.717) is 0 Å². The highest BCUT2D eigenvalue weighted by Gasteiger charge is 2.30. The van der Waals surface area contributed by atoms with Gasteiger partial charge in [-0.05, 0) is 47.6 Å². The van der Waals surface area contributed by atoms with Gasteiger partial charge in [-0.25, -0.2) is 0 Å². The number of methoxy groups -OCH3 is 2. The van der Waals surface area contributed by atoms with Crippen LogP contribution >= 0.6 is 0 Å². The maximum Gasteiger partial charge on any atom is 0.178 e. The average molecular weight is 256 g/mol. The molecule has 0 fully saturated rings. The third-order valence-corrected chi connectivity index (χ3v) is 3.23. The quantitative estimate of drug-likeness (QED) is 0.831. The van der Waals surface area contributed by atoms with E-state index in [9.17, 15) is 4.79 Å². The Morgan fingerprint density at radius 1 is 1.21 bits per heavy atom. The van der Waals surface area contributed by atoms with Gasteiger partial charge in [0.05, 0.1) is 7.11 Å². The van der Waals surface area contributed by atoms with Crippen molar-refractivity contribution in [3.63, 3.8) is 0 Å². The van der Waals surface area contributed by atoms with E-state index in [-0.39, 0.29) is 5.78 Å². The fourth-order valence-electron chi connectivity index (χ4n) is 2.14. The smallest absolute Gasteiger partial charge is 0.178 e. The summed E-state index contributed by atoms with van der Waals surface area (Å²) in [6.07, 6.45) is 8.28. The van der Waals surface area contributed by atoms with E-state index in [1.54, 1.807) is 32.4 Å². The van der Waals surface area contributed by atoms with Gasteiger partial charge in [-0.3, -0.25) is 4.79 Å². The molecule has 0 amide bonds. The summed E-state index contributed by atoms with van der Waals surface area (Å²) in [5, 5.41) is 0. The Kier molecular flexibility index (Phi) is 3.67. The summed E-state index contributed by atoms with van der Waals surface area (Å²) in [4.78, 5) is 11.3. The first-order valence-corrected chi connectivity index (χ1v) is 5.94. The van der Waals surface area contributed by atoms with Gasteiger partial charge in [0.1, 0.15) is 11.4 Å². The molecule has 98 valence electrons. The van der Waals surface area contributed by atoms with Gasteiger partial charge in [0.25, 0.3) is 0 Å². The molecule has 0 N–H and O–H groups in total. The van der Waals surface area contributed by atoms with E-state index in [2.05, 4.69) is 6.58 Å². The molecule has 1 aromatic carbocycles. The fraction of sp³-hybridized carbons (Fsp3) is 0.188. The first kappa shape index (κ1) is 13.3. The van der Waals surface area contributed by atoms with Crippen molar-refractivity contribution in [2.24, 2.45) is 0 Å². The van der Waals surface area contributed by atoms with Crippen LogP contribution in [-0.4, -0.2) is 20.0 Å². The SMILES string of the molecule is C=Cc1cc(OC)ccc1C1(OC)C=CC(=O)C=C1. The highest BCUT2D eigenvalue weighted by molar-refractivity contribution is 6.00. The molecule has 0 aliphatic heterocycles. The molecule has 0 bridgehead atoms. The second-order valence-electron chi connectivity index (χ2n) is 4.22. The van der Waals surface area contributed by atoms with Gasteiger partial charge in [0.2, 0.25) is 0 Å². The van der Waals surface area contributed by atoms with Gasteiger partial charge in [0.15, 0.2) is 5.78 Å². The van der Waals surface area contributed by atoms with Crippen LogP contribution in [0.15, 0.2) is 49.1 Å². The highest BCUT2D eigenvalue weighted by Crippen LogP contribution is 2.35. The summed E-state index contributed by atoms with van der Waals surface area (Å²) in [7, 11) is 3.23. The number of ether oxygens (including phenoxy) is 2. The Labute approximate surface area is 112 Å². The molecule has 3 heteroatoms. The van der Waals surface area contributed by atoms with Crippen LogP contribution in [0.3, 0.4) is 0 Å². The lowest BCUT2D eigenvalue weighted by molar-refractivity contribution is -0.110. The second-order valence-corrected chi connectivity index (χ2v) is 4.22. The van der Waals surface area contributed by atoms with Crippen LogP contribution in [-0.2, 0) is 15.1 Å². The van der Waals surface area contributed by atoms with Crippen molar-refractivity contribution >= 4 is 11.9 Å². The molecule has 1 aliphatic carbocycles. The molecular formula is C16H16O3. The van der Waals surface area contributed by atoms with Crippen molar-refractivity contribution in [1.29, 1.82) is 0 Å². The number of carbonyl (C=O) groups is 1. The van der Waals surface area contributed by atoms with Crippen LogP contribution in [0, 0.1) is 0 Å². The van der Waals surface area contributed by atoms with E-state index in [0.717, 1.165) is 16.9 Å². The zero-order chi connectivity index (χ0) is 13.9. The predicted molar refractivity (Wildman–Crippen MR) is 75.1 cm³/mol. The Morgan fingerprint density at radius 3 is 2.42 bits per heavy atom. The topological polar surface area (TPSA) is 35.5 Å². The van der Waals surface area contributed by atoms with Gasteiger partial charge in [-0.2, -0.15) is 0 Å². The first-order valence-electron chi connectivity index (χ1n) is 5.94. The maximum atomic E-state index is 11.3. The number of ketones is 1. The van der Waals surface area contributed by atoms with Gasteiger partial charge in [0, 0.05) is 7.11 Å². The molecule has 0 saturated heterocycles. The molecule has 0 heterocycles. The summed E-state index contributed by atoms with van der Waals surface area (Å²) in [5.74, 6) is 0.714. The van der Waals surface area contributed by atoms with Gasteiger partial charge >= 0.3 is 0 Å². The molecule has 0 spiro atoms. The molecule has 0 atom stereocenters. The molecule has 0 unspecified atom stereocenters. The molecular weight excluding hydrogens is 240 g/mol. The van der Waals surface area contributed by atoms with Crippen molar-refractivity contribution in [1.82, 2.24) is 0 Å². The minimum absolute atomic E-state index is 0.0404. The van der Waals surface area contributed by atoms with Crippen LogP contribution in [0.5, 0.6) is 5.75 Å². The average Bonchev–Trinajstić information content (AvgIpc) is 2.48. The molecule has 19 heavy (non-hydrogen) atoms. The first-order chi connectivity index (χ1) is 9.15. The maximum absolute atomic E-state index is 11.3. The van der Waals surface area contributed by atoms with E-state index in [1.807, 2.05) is 18.2 Å². The third-order valence-electron chi connectivity index (χ3n) is 3.23. The van der Waals surface area contributed by atoms with Gasteiger partial charge < -0.3 is 9.47 Å². The number of rotatable bonds is 4. The van der Waals surface area contributed by atoms with Crippen LogP contribution in [0.2, 0.25) is 0 Å². The lowest BCUT2D eigenvalue weighted by Gasteiger charge is -2.29. The molecule has 0 aromatic heterocycles. The summed E-state index contributed by atoms with van der Waals surface area (Å²) < 4.78 is 10.8. The molecule has 0 saturated carbocycles. The van der Waals surface area contributed by atoms with Crippen molar-refractivity contribution in [3.8, 4) is 5.75 Å². The second kappa shape index (κ2) is 5.24. The van der Waals surface area contributed by atoms with Gasteiger partial charge in [-0.15, -0.1) is 0 Å². The van der Waals surface area contributed by atoms with Crippen molar-refractivity contribution < 1.29 is 14.3 Å². The minimum atomic E-state index is -0.732. The molecule has 2 rings (SSSR count). The Balaban J connectivity index is 2.56. The molecule has 1 aliphatic rings. The van der Waals surface area contributed by atoms with Crippen LogP contribution < -0.4 is 4.74 Å². The standard InChI is InChI=1S/C16H16O3/c1-4-12-11-14(18-2)5-6-15(12)16(19-3)9-7-13(17)8-10-16/h4-11H,1H2,2-3H3. The Hall–Kier alpha value is -2.13. The van der Waals surface area contributed by atoms with Crippen molar-refractivity contribution in [2.75, 3.05) is 14.2 Å². The zero-order valence-corrected chi connectivity index (χ0v) is 11.1. The summed E-state index contributed by atoms with van der Waals surface area (Å²) in [6, 6.07) is 5.67. The lowest BCUT2D eigenvalue weighted by Crippen LogP contribution is -2.27. The van der Waals surface area contributed by atoms with Crippen molar-refractivity contribution in [3.05, 3.63) is 60.2 Å². The van der Waals surface area contributed by atoms with Crippen molar-refractivity contribution in [2.45, 2.75) is 5.60 Å². The third kappa shape index (κ3) is 2.37. The summed E-state index contributed by atoms with van der Waals surface area (Å²) in [5.41, 5.74) is 1.10. The minimum Gasteiger partial charge on any atom is -0.497 e. The van der Waals surface area contributed by atoms with E-state index in [4.69, 9.17) is 9.47 Å². The number of hydrogen-bond donors (Lipinski definition) is 0. The van der Waals surface area contributed by atoms with Crippen LogP contribution in [0.1, 0.15) is 11.1 Å². The molecule has 1 aromatic rings. The van der Waals surface area contributed by atoms with Crippen LogP contribution in [0.4, 0.5) is 0 Å². The Morgan fingerprint density at radius 2 is 1.89 bits per heavy atom. The summed E-state index contributed by atoms with van der Waals surface area (Å²) in [6.45, 7) is 3.82. The highest BCUT2D eigenvalue weighted by atomic mass is 16.5. The van der Waals surface area contributed by atoms with Crippen LogP contribution in [0.25, 0.3) is 6.08 Å². The number of hydrogen-bond acceptors (Lipinski definition) is 3. The van der Waals surface area contributed by atoms with E-state index < -0.39 is 5.60 Å². The lowest BCUT2D eigenvalue weighted by atomic mass is 9.86. The number of carbonyl (C=O) groups excluding carboxylic acids is 1. The number of allylic oxidation sites excluding steroid dienone is 2. The monoisotopic (exact) mass is 256 g/mol. The number of benzene rings is 1. The van der Waals surface area contributed by atoms with E-state index in [1.165, 1.54) is 12.2 Å².